The normalized spacial score (nSPS) is 13.8. The predicted octanol–water partition coefficient (Wildman–Crippen LogP) is 6.02. The molecule has 0 aliphatic carbocycles. The van der Waals surface area contributed by atoms with Gasteiger partial charge in [-0.05, 0) is 35.7 Å². The molecular formula is C30H30N4O2. The Bertz CT molecular complexity index is 1390. The molecule has 0 radical (unpaired) electrons. The molecule has 0 spiro atoms. The number of aromatic nitrogens is 1. The Labute approximate surface area is 211 Å². The molecule has 3 aromatic carbocycles. The Hall–Kier alpha value is -4.19. The number of pyridine rings is 1. The average molecular weight is 479 g/mol. The van der Waals surface area contributed by atoms with Crippen LogP contribution in [-0.2, 0) is 0 Å². The maximum Gasteiger partial charge on any atom is 0.321 e. The number of carbonyl (C=O) groups excluding carboxylic acids is 2. The first kappa shape index (κ1) is 23.5. The summed E-state index contributed by atoms with van der Waals surface area (Å²) in [5.74, 6) is 0.360. The van der Waals surface area contributed by atoms with Crippen molar-refractivity contribution in [2.24, 2.45) is 0 Å². The summed E-state index contributed by atoms with van der Waals surface area (Å²) in [6, 6.07) is 27.4. The molecular weight excluding hydrogens is 448 g/mol. The fourth-order valence-corrected chi connectivity index (χ4v) is 4.57. The van der Waals surface area contributed by atoms with E-state index in [4.69, 9.17) is 4.98 Å². The van der Waals surface area contributed by atoms with Crippen molar-refractivity contribution in [2.75, 3.05) is 31.5 Å². The first-order valence-corrected chi connectivity index (χ1v) is 12.4. The van der Waals surface area contributed by atoms with Gasteiger partial charge in [-0.1, -0.05) is 74.5 Å². The van der Waals surface area contributed by atoms with Gasteiger partial charge in [-0.15, -0.1) is 0 Å². The topological polar surface area (TPSA) is 65.5 Å². The summed E-state index contributed by atoms with van der Waals surface area (Å²) in [5, 5.41) is 3.85. The van der Waals surface area contributed by atoms with E-state index in [0.29, 0.717) is 37.7 Å². The van der Waals surface area contributed by atoms with E-state index in [0.717, 1.165) is 27.8 Å². The number of nitrogens with one attached hydrogen (secondary N) is 1. The van der Waals surface area contributed by atoms with Gasteiger partial charge in [0.05, 0.1) is 16.8 Å². The number of anilines is 1. The van der Waals surface area contributed by atoms with Gasteiger partial charge >= 0.3 is 6.03 Å². The van der Waals surface area contributed by atoms with Crippen LogP contribution in [0.15, 0.2) is 84.9 Å². The van der Waals surface area contributed by atoms with Crippen molar-refractivity contribution in [2.45, 2.75) is 19.8 Å². The number of hydrogen-bond donors (Lipinski definition) is 1. The first-order valence-electron chi connectivity index (χ1n) is 12.4. The number of rotatable bonds is 4. The Morgan fingerprint density at radius 3 is 2.25 bits per heavy atom. The number of carbonyl (C=O) groups is 2. The van der Waals surface area contributed by atoms with Crippen molar-refractivity contribution < 1.29 is 9.59 Å². The van der Waals surface area contributed by atoms with E-state index in [9.17, 15) is 9.59 Å². The summed E-state index contributed by atoms with van der Waals surface area (Å²) < 4.78 is 0. The number of hydrogen-bond acceptors (Lipinski definition) is 3. The second-order valence-corrected chi connectivity index (χ2v) is 9.43. The van der Waals surface area contributed by atoms with Gasteiger partial charge in [0.1, 0.15) is 0 Å². The summed E-state index contributed by atoms with van der Waals surface area (Å²) in [6.45, 7) is 6.19. The molecule has 4 aromatic rings. The number of fused-ring (bicyclic) bond motifs is 1. The highest BCUT2D eigenvalue weighted by Crippen LogP contribution is 2.26. The average Bonchev–Trinajstić information content (AvgIpc) is 2.92. The third-order valence-corrected chi connectivity index (χ3v) is 6.67. The first-order chi connectivity index (χ1) is 17.5. The third kappa shape index (κ3) is 4.93. The number of nitrogens with zero attached hydrogens (tertiary/aromatic N) is 3. The molecule has 3 amide bonds. The second-order valence-electron chi connectivity index (χ2n) is 9.43. The number of piperazine rings is 1. The fourth-order valence-electron chi connectivity index (χ4n) is 4.57. The summed E-state index contributed by atoms with van der Waals surface area (Å²) in [4.78, 5) is 34.9. The molecule has 1 fully saturated rings. The standard InChI is InChI=1S/C30H30N4O2/c1-21(2)23-11-8-12-24(19-23)31-30(36)34-17-15-33(16-18-34)29(35)26-20-28(22-9-4-3-5-10-22)32-27-14-7-6-13-25(26)27/h3-14,19-21H,15-18H2,1-2H3,(H,31,36). The highest BCUT2D eigenvalue weighted by Gasteiger charge is 2.26. The van der Waals surface area contributed by atoms with Crippen molar-refractivity contribution in [1.82, 2.24) is 14.8 Å². The fraction of sp³-hybridized carbons (Fsp3) is 0.233. The zero-order valence-electron chi connectivity index (χ0n) is 20.6. The van der Waals surface area contributed by atoms with Gasteiger partial charge < -0.3 is 15.1 Å². The van der Waals surface area contributed by atoms with E-state index in [1.165, 1.54) is 5.56 Å². The smallest absolute Gasteiger partial charge is 0.321 e. The van der Waals surface area contributed by atoms with E-state index < -0.39 is 0 Å². The molecule has 0 atom stereocenters. The minimum absolute atomic E-state index is 0.0320. The molecule has 0 unspecified atom stereocenters. The van der Waals surface area contributed by atoms with E-state index in [-0.39, 0.29) is 11.9 Å². The van der Waals surface area contributed by atoms with Crippen LogP contribution in [0.5, 0.6) is 0 Å². The van der Waals surface area contributed by atoms with Crippen LogP contribution >= 0.6 is 0 Å². The van der Waals surface area contributed by atoms with Crippen molar-refractivity contribution in [1.29, 1.82) is 0 Å². The molecule has 2 heterocycles. The van der Waals surface area contributed by atoms with E-state index in [2.05, 4.69) is 25.2 Å². The van der Waals surface area contributed by atoms with Crippen LogP contribution in [0.25, 0.3) is 22.2 Å². The Morgan fingerprint density at radius 2 is 1.50 bits per heavy atom. The summed E-state index contributed by atoms with van der Waals surface area (Å²) in [5.41, 5.74) is 5.16. The van der Waals surface area contributed by atoms with Crippen LogP contribution in [0.2, 0.25) is 0 Å². The number of benzene rings is 3. The quantitative estimate of drug-likeness (QED) is 0.390. The lowest BCUT2D eigenvalue weighted by atomic mass is 10.0. The minimum Gasteiger partial charge on any atom is -0.335 e. The SMILES string of the molecule is CC(C)c1cccc(NC(=O)N2CCN(C(=O)c3cc(-c4ccccc4)nc4ccccc34)CC2)c1. The van der Waals surface area contributed by atoms with Crippen molar-refractivity contribution in [3.63, 3.8) is 0 Å². The molecule has 6 nitrogen and oxygen atoms in total. The van der Waals surface area contributed by atoms with Crippen LogP contribution in [0, 0.1) is 0 Å². The molecule has 1 saturated heterocycles. The van der Waals surface area contributed by atoms with Crippen molar-refractivity contribution in [3.05, 3.63) is 96.1 Å². The molecule has 1 aliphatic rings. The molecule has 182 valence electrons. The van der Waals surface area contributed by atoms with Gasteiger partial charge in [0.2, 0.25) is 0 Å². The highest BCUT2D eigenvalue weighted by atomic mass is 16.2. The Balaban J connectivity index is 1.31. The lowest BCUT2D eigenvalue weighted by Crippen LogP contribution is -2.51. The zero-order valence-corrected chi connectivity index (χ0v) is 20.6. The molecule has 0 saturated carbocycles. The Kier molecular flexibility index (Phi) is 6.67. The maximum atomic E-state index is 13.6. The van der Waals surface area contributed by atoms with Crippen molar-refractivity contribution in [3.8, 4) is 11.3 Å². The van der Waals surface area contributed by atoms with Crippen LogP contribution in [0.4, 0.5) is 10.5 Å². The number of para-hydroxylation sites is 1. The zero-order chi connectivity index (χ0) is 25.1. The van der Waals surface area contributed by atoms with Crippen LogP contribution in [0.1, 0.15) is 35.7 Å². The minimum atomic E-state index is -0.135. The summed E-state index contributed by atoms with van der Waals surface area (Å²) in [6.07, 6.45) is 0. The van der Waals surface area contributed by atoms with Gasteiger partial charge in [0.15, 0.2) is 0 Å². The monoisotopic (exact) mass is 478 g/mol. The summed E-state index contributed by atoms with van der Waals surface area (Å²) in [7, 11) is 0. The lowest BCUT2D eigenvalue weighted by Gasteiger charge is -2.35. The van der Waals surface area contributed by atoms with Gasteiger partial charge in [-0.2, -0.15) is 0 Å². The van der Waals surface area contributed by atoms with Gasteiger partial charge in [-0.3, -0.25) is 4.79 Å². The number of urea groups is 1. The molecule has 5 rings (SSSR count). The summed E-state index contributed by atoms with van der Waals surface area (Å²) >= 11 is 0. The van der Waals surface area contributed by atoms with E-state index in [1.54, 1.807) is 4.90 Å². The predicted molar refractivity (Wildman–Crippen MR) is 144 cm³/mol. The third-order valence-electron chi connectivity index (χ3n) is 6.67. The second kappa shape index (κ2) is 10.2. The molecule has 36 heavy (non-hydrogen) atoms. The molecule has 6 heteroatoms. The molecule has 1 N–H and O–H groups in total. The van der Waals surface area contributed by atoms with Crippen LogP contribution in [-0.4, -0.2) is 52.9 Å². The highest BCUT2D eigenvalue weighted by molar-refractivity contribution is 6.07. The number of amides is 3. The van der Waals surface area contributed by atoms with Crippen molar-refractivity contribution >= 4 is 28.5 Å². The van der Waals surface area contributed by atoms with E-state index in [1.807, 2.05) is 83.8 Å². The lowest BCUT2D eigenvalue weighted by molar-refractivity contribution is 0.0673. The Morgan fingerprint density at radius 1 is 0.806 bits per heavy atom. The maximum absolute atomic E-state index is 13.6. The van der Waals surface area contributed by atoms with E-state index >= 15 is 0 Å². The molecule has 1 aliphatic heterocycles. The van der Waals surface area contributed by atoms with Gasteiger partial charge in [0.25, 0.3) is 5.91 Å². The van der Waals surface area contributed by atoms with Crippen LogP contribution in [0.3, 0.4) is 0 Å². The van der Waals surface area contributed by atoms with Crippen LogP contribution < -0.4 is 5.32 Å². The largest absolute Gasteiger partial charge is 0.335 e. The van der Waals surface area contributed by atoms with Gasteiger partial charge in [-0.25, -0.2) is 9.78 Å². The molecule has 1 aromatic heterocycles. The van der Waals surface area contributed by atoms with Gasteiger partial charge in [0, 0.05) is 42.8 Å². The molecule has 0 bridgehead atoms.